The highest BCUT2D eigenvalue weighted by Crippen LogP contribution is 2.31. The summed E-state index contributed by atoms with van der Waals surface area (Å²) >= 11 is 17.3. The van der Waals surface area contributed by atoms with Crippen molar-refractivity contribution in [2.24, 2.45) is 0 Å². The van der Waals surface area contributed by atoms with Gasteiger partial charge in [-0.3, -0.25) is 4.79 Å². The number of hydrogen-bond acceptors (Lipinski definition) is 4. The van der Waals surface area contributed by atoms with Crippen LogP contribution in [-0.4, -0.2) is 23.3 Å². The highest BCUT2D eigenvalue weighted by Gasteiger charge is 2.20. The zero-order chi connectivity index (χ0) is 16.3. The maximum absolute atomic E-state index is 13.4. The summed E-state index contributed by atoms with van der Waals surface area (Å²) in [6, 6.07) is 5.36. The maximum atomic E-state index is 13.4. The number of nitrogens with zero attached hydrogens (tertiary/aromatic N) is 1. The van der Waals surface area contributed by atoms with Crippen LogP contribution in [0, 0.1) is 5.82 Å². The van der Waals surface area contributed by atoms with Crippen molar-refractivity contribution in [2.75, 3.05) is 6.61 Å². The van der Waals surface area contributed by atoms with Crippen molar-refractivity contribution in [3.05, 3.63) is 62.6 Å². The molecule has 2 aromatic rings. The van der Waals surface area contributed by atoms with Crippen molar-refractivity contribution in [2.45, 2.75) is 0 Å². The molecular formula is C14H7Cl3FNO3. The van der Waals surface area contributed by atoms with Gasteiger partial charge in [-0.15, -0.1) is 0 Å². The number of esters is 1. The van der Waals surface area contributed by atoms with E-state index >= 15 is 0 Å². The zero-order valence-corrected chi connectivity index (χ0v) is 13.0. The molecule has 8 heteroatoms. The Labute approximate surface area is 139 Å². The fourth-order valence-corrected chi connectivity index (χ4v) is 2.11. The first-order valence-electron chi connectivity index (χ1n) is 5.86. The predicted molar refractivity (Wildman–Crippen MR) is 80.3 cm³/mol. The number of ether oxygens (including phenoxy) is 1. The summed E-state index contributed by atoms with van der Waals surface area (Å²) in [4.78, 5) is 27.3. The minimum Gasteiger partial charge on any atom is -0.453 e. The van der Waals surface area contributed by atoms with E-state index in [0.29, 0.717) is 0 Å². The molecule has 0 amide bonds. The van der Waals surface area contributed by atoms with Gasteiger partial charge in [-0.2, -0.15) is 0 Å². The number of halogens is 4. The molecule has 114 valence electrons. The Hall–Kier alpha value is -1.69. The Balaban J connectivity index is 2.09. The molecule has 0 saturated heterocycles. The summed E-state index contributed by atoms with van der Waals surface area (Å²) in [5, 5.41) is -0.158. The number of carbonyl (C=O) groups excluding carboxylic acids is 2. The molecule has 0 bridgehead atoms. The molecule has 0 aliphatic carbocycles. The van der Waals surface area contributed by atoms with Gasteiger partial charge in [-0.05, 0) is 12.1 Å². The SMILES string of the molecule is O=C(COC(=O)c1ncc(Cl)c(Cl)c1Cl)c1ccccc1F. The molecule has 0 aliphatic rings. The van der Waals surface area contributed by atoms with E-state index in [1.165, 1.54) is 18.2 Å². The lowest BCUT2D eigenvalue weighted by Gasteiger charge is -2.07. The molecule has 0 N–H and O–H groups in total. The Morgan fingerprint density at radius 1 is 1.14 bits per heavy atom. The average molecular weight is 363 g/mol. The van der Waals surface area contributed by atoms with Crippen LogP contribution < -0.4 is 0 Å². The Bertz CT molecular complexity index is 752. The van der Waals surface area contributed by atoms with E-state index in [1.54, 1.807) is 0 Å². The minimum absolute atomic E-state index is 0.0503. The van der Waals surface area contributed by atoms with E-state index in [1.807, 2.05) is 0 Å². The summed E-state index contributed by atoms with van der Waals surface area (Å²) in [7, 11) is 0. The van der Waals surface area contributed by atoms with Gasteiger partial charge in [0.05, 0.1) is 20.6 Å². The normalized spacial score (nSPS) is 10.4. The molecule has 22 heavy (non-hydrogen) atoms. The van der Waals surface area contributed by atoms with Gasteiger partial charge in [-0.1, -0.05) is 46.9 Å². The van der Waals surface area contributed by atoms with Gasteiger partial charge in [0, 0.05) is 6.20 Å². The first-order valence-corrected chi connectivity index (χ1v) is 6.99. The standard InChI is InChI=1S/C14H7Cl3FNO3/c15-8-5-19-13(12(17)11(8)16)14(21)22-6-10(20)7-3-1-2-4-9(7)18/h1-5H,6H2. The smallest absolute Gasteiger partial charge is 0.358 e. The molecule has 0 aliphatic heterocycles. The molecular weight excluding hydrogens is 356 g/mol. The van der Waals surface area contributed by atoms with Crippen molar-refractivity contribution in [1.29, 1.82) is 0 Å². The first kappa shape index (κ1) is 16.7. The average Bonchev–Trinajstić information content (AvgIpc) is 2.50. The Morgan fingerprint density at radius 3 is 2.50 bits per heavy atom. The number of benzene rings is 1. The number of Topliss-reactive ketones (excluding diaryl/α,β-unsaturated/α-hetero) is 1. The summed E-state index contributed by atoms with van der Waals surface area (Å²) < 4.78 is 18.2. The molecule has 0 spiro atoms. The van der Waals surface area contributed by atoms with Gasteiger partial charge < -0.3 is 4.74 Å². The van der Waals surface area contributed by atoms with Gasteiger partial charge in [0.15, 0.2) is 12.3 Å². The van der Waals surface area contributed by atoms with Crippen molar-refractivity contribution in [3.8, 4) is 0 Å². The van der Waals surface area contributed by atoms with E-state index < -0.39 is 24.2 Å². The van der Waals surface area contributed by atoms with E-state index in [2.05, 4.69) is 4.98 Å². The number of carbonyl (C=O) groups is 2. The van der Waals surface area contributed by atoms with E-state index in [9.17, 15) is 14.0 Å². The van der Waals surface area contributed by atoms with Crippen LogP contribution in [-0.2, 0) is 4.74 Å². The lowest BCUT2D eigenvalue weighted by atomic mass is 10.1. The summed E-state index contributed by atoms with van der Waals surface area (Å²) in [5.74, 6) is -2.36. The monoisotopic (exact) mass is 361 g/mol. The zero-order valence-electron chi connectivity index (χ0n) is 10.8. The third kappa shape index (κ3) is 3.55. The van der Waals surface area contributed by atoms with Gasteiger partial charge >= 0.3 is 5.97 Å². The molecule has 0 saturated carbocycles. The fraction of sp³-hybridized carbons (Fsp3) is 0.0714. The van der Waals surface area contributed by atoms with Crippen molar-refractivity contribution >= 4 is 46.6 Å². The minimum atomic E-state index is -0.965. The van der Waals surface area contributed by atoms with Crippen molar-refractivity contribution in [3.63, 3.8) is 0 Å². The molecule has 1 heterocycles. The fourth-order valence-electron chi connectivity index (χ4n) is 1.55. The number of ketones is 1. The van der Waals surface area contributed by atoms with Crippen molar-refractivity contribution in [1.82, 2.24) is 4.98 Å². The van der Waals surface area contributed by atoms with Crippen LogP contribution in [0.1, 0.15) is 20.8 Å². The highest BCUT2D eigenvalue weighted by molar-refractivity contribution is 6.48. The Kier molecular flexibility index (Phi) is 5.34. The second-order valence-corrected chi connectivity index (χ2v) is 5.22. The second kappa shape index (κ2) is 7.05. The Morgan fingerprint density at radius 2 is 1.82 bits per heavy atom. The third-order valence-electron chi connectivity index (χ3n) is 2.62. The van der Waals surface area contributed by atoms with Gasteiger partial charge in [0.1, 0.15) is 5.82 Å². The molecule has 2 rings (SSSR count). The molecule has 0 radical (unpaired) electrons. The van der Waals surface area contributed by atoms with Gasteiger partial charge in [0.2, 0.25) is 5.78 Å². The molecule has 0 fully saturated rings. The van der Waals surface area contributed by atoms with Crippen molar-refractivity contribution < 1.29 is 18.7 Å². The quantitative estimate of drug-likeness (QED) is 0.603. The van der Waals surface area contributed by atoms with Crippen LogP contribution in [0.3, 0.4) is 0 Å². The molecule has 1 aromatic heterocycles. The number of hydrogen-bond donors (Lipinski definition) is 0. The van der Waals surface area contributed by atoms with Gasteiger partial charge in [0.25, 0.3) is 0 Å². The maximum Gasteiger partial charge on any atom is 0.358 e. The van der Waals surface area contributed by atoms with Gasteiger partial charge in [-0.25, -0.2) is 14.2 Å². The molecule has 0 atom stereocenters. The molecule has 0 unspecified atom stereocenters. The highest BCUT2D eigenvalue weighted by atomic mass is 35.5. The van der Waals surface area contributed by atoms with E-state index in [0.717, 1.165) is 12.3 Å². The van der Waals surface area contributed by atoms with E-state index in [4.69, 9.17) is 39.5 Å². The summed E-state index contributed by atoms with van der Waals surface area (Å²) in [5.41, 5.74) is -0.458. The number of rotatable bonds is 4. The molecule has 1 aromatic carbocycles. The van der Waals surface area contributed by atoms with Crippen LogP contribution in [0.4, 0.5) is 4.39 Å². The number of pyridine rings is 1. The second-order valence-electron chi connectivity index (χ2n) is 4.06. The van der Waals surface area contributed by atoms with Crippen LogP contribution in [0.15, 0.2) is 30.5 Å². The summed E-state index contributed by atoms with van der Waals surface area (Å²) in [6.45, 7) is -0.655. The van der Waals surface area contributed by atoms with E-state index in [-0.39, 0.29) is 26.3 Å². The van der Waals surface area contributed by atoms with Crippen LogP contribution in [0.5, 0.6) is 0 Å². The topological polar surface area (TPSA) is 56.3 Å². The molecule has 4 nitrogen and oxygen atoms in total. The largest absolute Gasteiger partial charge is 0.453 e. The predicted octanol–water partition coefficient (Wildman–Crippen LogP) is 4.22. The lowest BCUT2D eigenvalue weighted by Crippen LogP contribution is -2.16. The lowest BCUT2D eigenvalue weighted by molar-refractivity contribution is 0.0468. The third-order valence-corrected chi connectivity index (χ3v) is 3.86. The van der Waals surface area contributed by atoms with Crippen LogP contribution >= 0.6 is 34.8 Å². The summed E-state index contributed by atoms with van der Waals surface area (Å²) in [6.07, 6.45) is 1.13. The number of aromatic nitrogens is 1. The van der Waals surface area contributed by atoms with Crippen LogP contribution in [0.2, 0.25) is 15.1 Å². The first-order chi connectivity index (χ1) is 10.4. The van der Waals surface area contributed by atoms with Crippen LogP contribution in [0.25, 0.3) is 0 Å².